The fourth-order valence-electron chi connectivity index (χ4n) is 7.03. The minimum Gasteiger partial charge on any atom is -0.366 e. The number of nitrogens with zero attached hydrogens (tertiary/aromatic N) is 6. The molecule has 256 valence electrons. The van der Waals surface area contributed by atoms with Gasteiger partial charge in [0.15, 0.2) is 5.82 Å². The number of aryl methyl sites for hydroxylation is 2. The van der Waals surface area contributed by atoms with Crippen LogP contribution >= 0.6 is 11.6 Å². The van der Waals surface area contributed by atoms with Gasteiger partial charge in [-0.05, 0) is 55.2 Å². The number of anilines is 1. The van der Waals surface area contributed by atoms with Gasteiger partial charge in [0.1, 0.15) is 11.6 Å². The Morgan fingerprint density at radius 1 is 1.18 bits per heavy atom. The predicted octanol–water partition coefficient (Wildman–Crippen LogP) is 5.94. The highest BCUT2D eigenvalue weighted by molar-refractivity contribution is 6.35. The summed E-state index contributed by atoms with van der Waals surface area (Å²) >= 11 is 7.08. The molecule has 1 aliphatic rings. The van der Waals surface area contributed by atoms with Crippen LogP contribution in [0.4, 0.5) is 10.1 Å². The number of aromatic nitrogens is 4. The zero-order valence-electron chi connectivity index (χ0n) is 28.4. The van der Waals surface area contributed by atoms with E-state index in [4.69, 9.17) is 18.2 Å². The summed E-state index contributed by atoms with van der Waals surface area (Å²) < 4.78 is 19.1. The number of carbonyl (C=O) groups is 2. The van der Waals surface area contributed by atoms with Crippen molar-refractivity contribution in [2.45, 2.75) is 39.7 Å². The van der Waals surface area contributed by atoms with Gasteiger partial charge in [-0.1, -0.05) is 38.1 Å². The number of aromatic amines is 1. The van der Waals surface area contributed by atoms with Crippen LogP contribution in [0.3, 0.4) is 0 Å². The Morgan fingerprint density at radius 2 is 1.94 bits per heavy atom. The van der Waals surface area contributed by atoms with E-state index in [0.717, 1.165) is 5.56 Å². The van der Waals surface area contributed by atoms with E-state index in [0.29, 0.717) is 33.4 Å². The second kappa shape index (κ2) is 13.4. The highest BCUT2D eigenvalue weighted by Crippen LogP contribution is 2.44. The molecule has 0 bridgehead atoms. The summed E-state index contributed by atoms with van der Waals surface area (Å²) in [4.78, 5) is 53.1. The maximum Gasteiger partial charge on any atom is 0.270 e. The molecule has 3 aromatic heterocycles. The van der Waals surface area contributed by atoms with Gasteiger partial charge >= 0.3 is 0 Å². The number of hydrogen-bond donors (Lipinski definition) is 2. The van der Waals surface area contributed by atoms with Gasteiger partial charge in [0.2, 0.25) is 12.5 Å². The van der Waals surface area contributed by atoms with Gasteiger partial charge in [-0.25, -0.2) is 11.0 Å². The van der Waals surface area contributed by atoms with E-state index in [2.05, 4.69) is 31.9 Å². The van der Waals surface area contributed by atoms with E-state index in [-0.39, 0.29) is 70.7 Å². The average Bonchev–Trinajstić information content (AvgIpc) is 3.57. The van der Waals surface area contributed by atoms with Gasteiger partial charge in [0, 0.05) is 54.8 Å². The van der Waals surface area contributed by atoms with Crippen LogP contribution in [0.1, 0.15) is 46.9 Å². The smallest absolute Gasteiger partial charge is 0.270 e. The summed E-state index contributed by atoms with van der Waals surface area (Å²) in [5.74, 6) is -1.95. The van der Waals surface area contributed by atoms with Crippen LogP contribution in [-0.2, 0) is 4.79 Å². The highest BCUT2D eigenvalue weighted by Gasteiger charge is 2.37. The normalized spacial score (nSPS) is 14.7. The van der Waals surface area contributed by atoms with E-state index < -0.39 is 23.3 Å². The molecule has 0 unspecified atom stereocenters. The van der Waals surface area contributed by atoms with Gasteiger partial charge in [0.25, 0.3) is 11.5 Å². The van der Waals surface area contributed by atoms with Gasteiger partial charge in [-0.2, -0.15) is 5.10 Å². The summed E-state index contributed by atoms with van der Waals surface area (Å²) in [7, 11) is 1.42. The number of hydrogen-bond acceptors (Lipinski definition) is 6. The Labute approximate surface area is 293 Å². The molecule has 6 rings (SSSR count). The summed E-state index contributed by atoms with van der Waals surface area (Å²) in [6.45, 7) is 19.1. The zero-order chi connectivity index (χ0) is 36.0. The molecule has 0 aliphatic carbocycles. The summed E-state index contributed by atoms with van der Waals surface area (Å²) in [6.07, 6.45) is 4.44. The molecule has 11 nitrogen and oxygen atoms in total. The lowest BCUT2D eigenvalue weighted by molar-refractivity contribution is -0.128. The third kappa shape index (κ3) is 5.47. The molecule has 4 heterocycles. The van der Waals surface area contributed by atoms with Crippen molar-refractivity contribution in [1.82, 2.24) is 30.0 Å². The number of H-pyrrole nitrogens is 1. The minimum absolute atomic E-state index is 0.0275. The average molecular weight is 695 g/mol. The third-order valence-corrected chi connectivity index (χ3v) is 9.64. The molecule has 0 radical (unpaired) electrons. The molecule has 1 aliphatic heterocycles. The Hall–Kier alpha value is -5.54. The second-order valence-electron chi connectivity index (χ2n) is 12.7. The molecule has 1 saturated heterocycles. The largest absolute Gasteiger partial charge is 0.366 e. The molecule has 1 atom stereocenters. The van der Waals surface area contributed by atoms with Crippen LogP contribution in [0.5, 0.6) is 0 Å². The van der Waals surface area contributed by atoms with Gasteiger partial charge in [-0.3, -0.25) is 29.0 Å². The van der Waals surface area contributed by atoms with Crippen LogP contribution in [0, 0.1) is 26.2 Å². The Balaban J connectivity index is 1.80. The van der Waals surface area contributed by atoms with Gasteiger partial charge < -0.3 is 20.0 Å². The topological polar surface area (TPSA) is 121 Å². The van der Waals surface area contributed by atoms with E-state index >= 15 is 9.18 Å². The molecule has 2 N–H and O–H groups in total. The van der Waals surface area contributed by atoms with Crippen LogP contribution in [0.2, 0.25) is 5.02 Å². The highest BCUT2D eigenvalue weighted by atomic mass is 35.5. The third-order valence-electron chi connectivity index (χ3n) is 9.34. The van der Waals surface area contributed by atoms with Crippen LogP contribution in [0.25, 0.3) is 43.5 Å². The lowest BCUT2D eigenvalue weighted by Crippen LogP contribution is -2.56. The first-order valence-corrected chi connectivity index (χ1v) is 16.6. The molecule has 5 aromatic rings. The molecule has 2 amide bonds. The van der Waals surface area contributed by atoms with E-state index in [1.807, 2.05) is 39.8 Å². The maximum absolute atomic E-state index is 17.9. The number of pyridine rings is 2. The molecule has 50 heavy (non-hydrogen) atoms. The molecule has 2 aromatic carbocycles. The fraction of sp³-hybridized carbons (Fsp3) is 0.297. The number of amides is 2. The molecule has 1 fully saturated rings. The molecule has 13 heteroatoms. The van der Waals surface area contributed by atoms with E-state index in [1.54, 1.807) is 34.3 Å². The molecular formula is C37H36ClFN8O3. The monoisotopic (exact) mass is 694 g/mol. The van der Waals surface area contributed by atoms with Crippen molar-refractivity contribution in [3.8, 4) is 16.8 Å². The maximum atomic E-state index is 17.9. The van der Waals surface area contributed by atoms with Gasteiger partial charge in [-0.15, -0.1) is 0 Å². The molecular weight excluding hydrogens is 659 g/mol. The van der Waals surface area contributed by atoms with Crippen molar-refractivity contribution in [3.05, 3.63) is 104 Å². The number of nitrogens with one attached hydrogen (secondary N) is 2. The van der Waals surface area contributed by atoms with Crippen molar-refractivity contribution >= 4 is 50.9 Å². The van der Waals surface area contributed by atoms with Crippen molar-refractivity contribution in [1.29, 1.82) is 0 Å². The summed E-state index contributed by atoms with van der Waals surface area (Å²) in [5.41, 5.74) is 2.68. The Morgan fingerprint density at radius 3 is 2.62 bits per heavy atom. The first-order valence-electron chi connectivity index (χ1n) is 16.2. The number of benzene rings is 2. The summed E-state index contributed by atoms with van der Waals surface area (Å²) in [5, 5.41) is 10.6. The zero-order valence-corrected chi connectivity index (χ0v) is 29.2. The van der Waals surface area contributed by atoms with Crippen LogP contribution < -0.4 is 15.8 Å². The number of rotatable bonds is 7. The Bertz CT molecular complexity index is 2320. The first kappa shape index (κ1) is 34.3. The van der Waals surface area contributed by atoms with Crippen LogP contribution in [-0.4, -0.2) is 75.7 Å². The predicted molar refractivity (Wildman–Crippen MR) is 194 cm³/mol. The number of fused-ring (bicyclic) bond motifs is 2. The SMILES string of the molecule is [C-]#[N+]C[C@H]1CN(c2c(C(=O)NC)c(=O)n(-c3c(C)ccnc3C(C)C)c3c(F)c(-c4c(C)ccc5[nH]ncc45)c(Cl)cc23)CCN1C(=O)C=C. The fourth-order valence-corrected chi connectivity index (χ4v) is 7.31. The molecule has 0 saturated carbocycles. The van der Waals surface area contributed by atoms with Crippen molar-refractivity contribution in [2.75, 3.05) is 38.1 Å². The molecule has 0 spiro atoms. The lowest BCUT2D eigenvalue weighted by atomic mass is 9.93. The van der Waals surface area contributed by atoms with Crippen molar-refractivity contribution < 1.29 is 14.0 Å². The quantitative estimate of drug-likeness (QED) is 0.161. The van der Waals surface area contributed by atoms with Crippen molar-refractivity contribution in [3.63, 3.8) is 0 Å². The van der Waals surface area contributed by atoms with E-state index in [1.165, 1.54) is 17.7 Å². The Kier molecular flexibility index (Phi) is 9.20. The van der Waals surface area contributed by atoms with E-state index in [9.17, 15) is 9.59 Å². The first-order chi connectivity index (χ1) is 23.9. The minimum atomic E-state index is -0.762. The lowest BCUT2D eigenvalue weighted by Gasteiger charge is -2.41. The van der Waals surface area contributed by atoms with Crippen molar-refractivity contribution in [2.24, 2.45) is 0 Å². The number of piperazine rings is 1. The second-order valence-corrected chi connectivity index (χ2v) is 13.1. The van der Waals surface area contributed by atoms with Gasteiger partial charge in [0.05, 0.1) is 39.3 Å². The number of halogens is 2. The van der Waals surface area contributed by atoms with Crippen LogP contribution in [0.15, 0.2) is 54.1 Å². The number of carbonyl (C=O) groups excluding carboxylic acids is 2. The summed E-state index contributed by atoms with van der Waals surface area (Å²) in [6, 6.07) is 6.44. The standard InChI is InChI=1S/C37H36ClFN8O3/c1-8-27(48)46-14-13-45(18-22(46)16-40-6)34-23-15-25(38)29(28-20(4)9-10-26-24(28)17-43-44-26)31(39)35(23)47(37(50)30(34)36(49)41-7)33-21(5)11-12-42-32(33)19(2)3/h8-12,15,17,19,22H,1,13-14,16,18H2,2-5,7H3,(H,41,49)(H,43,44)/t22-/m0/s1.